The fraction of sp³-hybridized carbons (Fsp3) is 0.375. The van der Waals surface area contributed by atoms with Gasteiger partial charge in [-0.2, -0.15) is 5.10 Å². The average Bonchev–Trinajstić information content (AvgIpc) is 3.36. The summed E-state index contributed by atoms with van der Waals surface area (Å²) in [5.41, 5.74) is 6.06. The Labute approximate surface area is 193 Å². The third-order valence-corrected chi connectivity index (χ3v) is 5.51. The first-order valence-electron chi connectivity index (χ1n) is 11.4. The van der Waals surface area contributed by atoms with Crippen LogP contribution in [0, 0.1) is 20.8 Å². The van der Waals surface area contributed by atoms with Crippen molar-refractivity contribution in [3.8, 4) is 11.4 Å². The second kappa shape index (κ2) is 9.81. The molecule has 0 aliphatic carbocycles. The zero-order chi connectivity index (χ0) is 23.4. The highest BCUT2D eigenvalue weighted by Crippen LogP contribution is 2.27. The van der Waals surface area contributed by atoms with Crippen LogP contribution in [-0.4, -0.2) is 41.9 Å². The van der Waals surface area contributed by atoms with Gasteiger partial charge in [0.15, 0.2) is 17.0 Å². The van der Waals surface area contributed by atoms with E-state index in [-0.39, 0.29) is 6.03 Å². The van der Waals surface area contributed by atoms with Gasteiger partial charge < -0.3 is 5.32 Å². The Bertz CT molecular complexity index is 1270. The quantitative estimate of drug-likeness (QED) is 0.384. The number of anilines is 1. The van der Waals surface area contributed by atoms with E-state index in [1.54, 1.807) is 6.33 Å². The molecule has 0 saturated carbocycles. The molecule has 0 bridgehead atoms. The number of rotatable bonds is 8. The molecule has 0 atom stereocenters. The van der Waals surface area contributed by atoms with E-state index in [2.05, 4.69) is 50.6 Å². The normalized spacial score (nSPS) is 11.2. The maximum atomic E-state index is 12.4. The molecule has 3 aromatic heterocycles. The molecular weight excluding hydrogens is 416 g/mol. The summed E-state index contributed by atoms with van der Waals surface area (Å²) in [5, 5.41) is 10.4. The molecule has 4 rings (SSSR count). The number of amides is 2. The first kappa shape index (κ1) is 22.4. The predicted molar refractivity (Wildman–Crippen MR) is 129 cm³/mol. The van der Waals surface area contributed by atoms with Crippen LogP contribution in [0.5, 0.6) is 0 Å². The van der Waals surface area contributed by atoms with Crippen LogP contribution in [0.1, 0.15) is 49.6 Å². The Morgan fingerprint density at radius 2 is 1.85 bits per heavy atom. The molecule has 1 aromatic carbocycles. The summed E-state index contributed by atoms with van der Waals surface area (Å²) in [6.07, 6.45) is 7.54. The number of aryl methyl sites for hydroxylation is 3. The van der Waals surface area contributed by atoms with Crippen molar-refractivity contribution >= 4 is 23.0 Å². The van der Waals surface area contributed by atoms with Crippen LogP contribution in [0.15, 0.2) is 36.9 Å². The van der Waals surface area contributed by atoms with Crippen LogP contribution < -0.4 is 10.6 Å². The van der Waals surface area contributed by atoms with E-state index in [4.69, 9.17) is 0 Å². The van der Waals surface area contributed by atoms with Crippen LogP contribution >= 0.6 is 0 Å². The summed E-state index contributed by atoms with van der Waals surface area (Å²) < 4.78 is 3.83. The number of benzene rings is 1. The minimum Gasteiger partial charge on any atom is -0.338 e. The molecule has 9 nitrogen and oxygen atoms in total. The van der Waals surface area contributed by atoms with Gasteiger partial charge in [-0.05, 0) is 51.0 Å². The number of aromatic nitrogens is 6. The van der Waals surface area contributed by atoms with Gasteiger partial charge in [0, 0.05) is 12.2 Å². The van der Waals surface area contributed by atoms with Crippen molar-refractivity contribution in [2.45, 2.75) is 53.4 Å². The monoisotopic (exact) mass is 446 g/mol. The minimum absolute atomic E-state index is 0.292. The number of nitrogens with one attached hydrogen (secondary N) is 2. The average molecular weight is 447 g/mol. The van der Waals surface area contributed by atoms with E-state index in [0.717, 1.165) is 47.6 Å². The Balaban J connectivity index is 1.64. The highest BCUT2D eigenvalue weighted by molar-refractivity contribution is 5.96. The van der Waals surface area contributed by atoms with Gasteiger partial charge in [0.05, 0.1) is 17.1 Å². The zero-order valence-electron chi connectivity index (χ0n) is 19.6. The van der Waals surface area contributed by atoms with E-state index in [1.165, 1.54) is 12.7 Å². The number of nitrogens with zero attached hydrogens (tertiary/aromatic N) is 6. The highest BCUT2D eigenvalue weighted by Gasteiger charge is 2.17. The molecule has 0 aliphatic rings. The first-order valence-corrected chi connectivity index (χ1v) is 11.4. The first-order chi connectivity index (χ1) is 16.0. The van der Waals surface area contributed by atoms with Crippen LogP contribution in [0.25, 0.3) is 22.5 Å². The van der Waals surface area contributed by atoms with Gasteiger partial charge >= 0.3 is 6.03 Å². The van der Waals surface area contributed by atoms with Gasteiger partial charge in [0.25, 0.3) is 0 Å². The van der Waals surface area contributed by atoms with Crippen molar-refractivity contribution < 1.29 is 4.79 Å². The second-order valence-electron chi connectivity index (χ2n) is 8.28. The van der Waals surface area contributed by atoms with Crippen molar-refractivity contribution in [1.82, 2.24) is 34.6 Å². The van der Waals surface area contributed by atoms with E-state index in [0.29, 0.717) is 23.5 Å². The Hall–Kier alpha value is -3.75. The summed E-state index contributed by atoms with van der Waals surface area (Å²) >= 11 is 0. The molecule has 3 heterocycles. The molecule has 0 fully saturated rings. The van der Waals surface area contributed by atoms with Crippen molar-refractivity contribution in [3.05, 3.63) is 53.9 Å². The Morgan fingerprint density at radius 1 is 1.00 bits per heavy atom. The third-order valence-electron chi connectivity index (χ3n) is 5.51. The van der Waals surface area contributed by atoms with Gasteiger partial charge in [-0.3, -0.25) is 9.88 Å². The lowest BCUT2D eigenvalue weighted by molar-refractivity contribution is 0.252. The standard InChI is InChI=1S/C24H30N8O/c1-5-6-7-8-11-25-24(33)29-22-21-23(27-14-26-22)31(15-28-21)19-10-9-16(2)12-20(19)32-18(4)13-17(3)30-32/h9-10,12-15H,5-8,11H2,1-4H3,(H2,25,26,27,29,33). The summed E-state index contributed by atoms with van der Waals surface area (Å²) in [7, 11) is 0. The van der Waals surface area contributed by atoms with E-state index in [1.807, 2.05) is 41.3 Å². The molecular formula is C24H30N8O. The fourth-order valence-corrected chi connectivity index (χ4v) is 3.89. The largest absolute Gasteiger partial charge is 0.338 e. The van der Waals surface area contributed by atoms with Crippen LogP contribution in [0.4, 0.5) is 10.6 Å². The van der Waals surface area contributed by atoms with Gasteiger partial charge in [0.1, 0.15) is 12.7 Å². The van der Waals surface area contributed by atoms with Crippen molar-refractivity contribution in [1.29, 1.82) is 0 Å². The minimum atomic E-state index is -0.292. The molecule has 0 aliphatic heterocycles. The molecule has 2 amide bonds. The van der Waals surface area contributed by atoms with E-state index < -0.39 is 0 Å². The maximum Gasteiger partial charge on any atom is 0.320 e. The van der Waals surface area contributed by atoms with Gasteiger partial charge in [-0.15, -0.1) is 0 Å². The summed E-state index contributed by atoms with van der Waals surface area (Å²) in [5.74, 6) is 0.379. The van der Waals surface area contributed by atoms with E-state index in [9.17, 15) is 4.79 Å². The van der Waals surface area contributed by atoms with Crippen LogP contribution in [0.3, 0.4) is 0 Å². The van der Waals surface area contributed by atoms with Gasteiger partial charge in [-0.1, -0.05) is 32.3 Å². The molecule has 0 unspecified atom stereocenters. The zero-order valence-corrected chi connectivity index (χ0v) is 19.6. The summed E-state index contributed by atoms with van der Waals surface area (Å²) in [4.78, 5) is 25.6. The molecule has 9 heteroatoms. The second-order valence-corrected chi connectivity index (χ2v) is 8.28. The molecule has 4 aromatic rings. The lowest BCUT2D eigenvalue weighted by atomic mass is 10.2. The lowest BCUT2D eigenvalue weighted by Crippen LogP contribution is -2.30. The third kappa shape index (κ3) is 4.87. The number of carbonyl (C=O) groups excluding carboxylic acids is 1. The van der Waals surface area contributed by atoms with Gasteiger partial charge in [0.2, 0.25) is 0 Å². The lowest BCUT2D eigenvalue weighted by Gasteiger charge is -2.13. The number of urea groups is 1. The summed E-state index contributed by atoms with van der Waals surface area (Å²) in [6, 6.07) is 7.92. The number of fused-ring (bicyclic) bond motifs is 1. The van der Waals surface area contributed by atoms with Crippen LogP contribution in [0.2, 0.25) is 0 Å². The highest BCUT2D eigenvalue weighted by atomic mass is 16.2. The molecule has 2 N–H and O–H groups in total. The molecule has 33 heavy (non-hydrogen) atoms. The molecule has 0 spiro atoms. The Kier molecular flexibility index (Phi) is 6.67. The number of hydrogen-bond donors (Lipinski definition) is 2. The van der Waals surface area contributed by atoms with Crippen molar-refractivity contribution in [2.75, 3.05) is 11.9 Å². The SMILES string of the molecule is CCCCCCNC(=O)Nc1ncnc2c1ncn2-c1ccc(C)cc1-n1nc(C)cc1C. The molecule has 0 radical (unpaired) electrons. The van der Waals surface area contributed by atoms with Gasteiger partial charge in [-0.25, -0.2) is 24.4 Å². The smallest absolute Gasteiger partial charge is 0.320 e. The molecule has 172 valence electrons. The number of imidazole rings is 1. The number of hydrogen-bond acceptors (Lipinski definition) is 5. The predicted octanol–water partition coefficient (Wildman–Crippen LogP) is 4.63. The Morgan fingerprint density at radius 3 is 2.61 bits per heavy atom. The van der Waals surface area contributed by atoms with E-state index >= 15 is 0 Å². The van der Waals surface area contributed by atoms with Crippen LogP contribution in [-0.2, 0) is 0 Å². The summed E-state index contributed by atoms with van der Waals surface area (Å²) in [6.45, 7) is 8.85. The number of carbonyl (C=O) groups is 1. The van der Waals surface area contributed by atoms with Crippen molar-refractivity contribution in [2.24, 2.45) is 0 Å². The fourth-order valence-electron chi connectivity index (χ4n) is 3.89. The van der Waals surface area contributed by atoms with Crippen molar-refractivity contribution in [3.63, 3.8) is 0 Å². The topological polar surface area (TPSA) is 103 Å². The number of unbranched alkanes of at least 4 members (excludes halogenated alkanes) is 3. The maximum absolute atomic E-state index is 12.4. The molecule has 0 saturated heterocycles.